The predicted octanol–water partition coefficient (Wildman–Crippen LogP) is 3.73. The summed E-state index contributed by atoms with van der Waals surface area (Å²) in [6.07, 6.45) is 0.918. The van der Waals surface area contributed by atoms with Gasteiger partial charge in [-0.3, -0.25) is 0 Å². The Kier molecular flexibility index (Phi) is 6.21. The molecule has 0 radical (unpaired) electrons. The lowest BCUT2D eigenvalue weighted by Gasteiger charge is -2.16. The Morgan fingerprint density at radius 2 is 1.84 bits per heavy atom. The molecule has 2 aromatic rings. The van der Waals surface area contributed by atoms with Gasteiger partial charge in [-0.1, -0.05) is 42.8 Å². The molecule has 0 heterocycles. The van der Waals surface area contributed by atoms with E-state index in [0.29, 0.717) is 0 Å². The molecule has 25 heavy (non-hydrogen) atoms. The number of carbonyl (C=O) groups is 1. The van der Waals surface area contributed by atoms with Crippen LogP contribution in [0.3, 0.4) is 0 Å². The van der Waals surface area contributed by atoms with Gasteiger partial charge in [0.05, 0.1) is 22.6 Å². The van der Waals surface area contributed by atoms with Gasteiger partial charge in [-0.15, -0.1) is 0 Å². The Morgan fingerprint density at radius 1 is 1.20 bits per heavy atom. The van der Waals surface area contributed by atoms with E-state index in [9.17, 15) is 13.2 Å². The van der Waals surface area contributed by atoms with Crippen LogP contribution in [0.4, 0.5) is 0 Å². The lowest BCUT2D eigenvalue weighted by molar-refractivity contribution is 0.0600. The van der Waals surface area contributed by atoms with Gasteiger partial charge in [-0.25, -0.2) is 17.9 Å². The number of sulfonamides is 1. The lowest BCUT2D eigenvalue weighted by atomic mass is 10.1. The molecule has 0 amide bonds. The average Bonchev–Trinajstić information content (AvgIpc) is 2.61. The van der Waals surface area contributed by atoms with Crippen molar-refractivity contribution in [2.75, 3.05) is 7.11 Å². The number of aryl methyl sites for hydroxylation is 1. The fourth-order valence-electron chi connectivity index (χ4n) is 2.35. The third-order valence-corrected chi connectivity index (χ3v) is 5.74. The molecule has 1 unspecified atom stereocenters. The van der Waals surface area contributed by atoms with Gasteiger partial charge in [-0.2, -0.15) is 0 Å². The van der Waals surface area contributed by atoms with E-state index in [-0.39, 0.29) is 15.5 Å². The monoisotopic (exact) mass is 381 g/mol. The van der Waals surface area contributed by atoms with Gasteiger partial charge in [0.1, 0.15) is 0 Å². The van der Waals surface area contributed by atoms with E-state index in [1.165, 1.54) is 30.9 Å². The largest absolute Gasteiger partial charge is 0.465 e. The highest BCUT2D eigenvalue weighted by Gasteiger charge is 2.21. The van der Waals surface area contributed by atoms with E-state index >= 15 is 0 Å². The first-order valence-corrected chi connectivity index (χ1v) is 9.63. The number of halogens is 1. The summed E-state index contributed by atoms with van der Waals surface area (Å²) in [6, 6.07) is 11.2. The maximum absolute atomic E-state index is 12.6. The third-order valence-electron chi connectivity index (χ3n) is 3.87. The number of methoxy groups -OCH3 is 1. The fourth-order valence-corrected chi connectivity index (χ4v) is 3.80. The van der Waals surface area contributed by atoms with Crippen molar-refractivity contribution in [3.63, 3.8) is 0 Å². The van der Waals surface area contributed by atoms with Crippen molar-refractivity contribution in [1.82, 2.24) is 4.72 Å². The summed E-state index contributed by atoms with van der Waals surface area (Å²) in [4.78, 5) is 11.6. The molecule has 134 valence electrons. The van der Waals surface area contributed by atoms with Crippen LogP contribution in [0.1, 0.15) is 41.4 Å². The second-order valence-corrected chi connectivity index (χ2v) is 7.69. The summed E-state index contributed by atoms with van der Waals surface area (Å²) in [5, 5.41) is 0.133. The molecular weight excluding hydrogens is 362 g/mol. The highest BCUT2D eigenvalue weighted by Crippen LogP contribution is 2.23. The van der Waals surface area contributed by atoms with Crippen LogP contribution in [0.5, 0.6) is 0 Å². The van der Waals surface area contributed by atoms with E-state index in [2.05, 4.69) is 16.4 Å². The van der Waals surface area contributed by atoms with Crippen molar-refractivity contribution < 1.29 is 17.9 Å². The molecule has 0 saturated heterocycles. The van der Waals surface area contributed by atoms with Gasteiger partial charge in [0.25, 0.3) is 0 Å². The molecule has 0 aliphatic heterocycles. The van der Waals surface area contributed by atoms with E-state index in [4.69, 9.17) is 11.6 Å². The second-order valence-electron chi connectivity index (χ2n) is 5.57. The fraction of sp³-hybridized carbons (Fsp3) is 0.278. The second kappa shape index (κ2) is 7.99. The van der Waals surface area contributed by atoms with Gasteiger partial charge >= 0.3 is 5.97 Å². The van der Waals surface area contributed by atoms with E-state index < -0.39 is 22.0 Å². The Hall–Kier alpha value is -1.89. The van der Waals surface area contributed by atoms with Crippen molar-refractivity contribution in [1.29, 1.82) is 0 Å². The van der Waals surface area contributed by atoms with Gasteiger partial charge in [0, 0.05) is 6.04 Å². The smallest absolute Gasteiger partial charge is 0.339 e. The van der Waals surface area contributed by atoms with E-state index in [1.807, 2.05) is 24.3 Å². The molecule has 1 atom stereocenters. The number of hydrogen-bond acceptors (Lipinski definition) is 4. The van der Waals surface area contributed by atoms with Crippen molar-refractivity contribution >= 4 is 27.6 Å². The van der Waals surface area contributed by atoms with Gasteiger partial charge < -0.3 is 4.74 Å². The Morgan fingerprint density at radius 3 is 2.40 bits per heavy atom. The molecule has 0 saturated carbocycles. The molecule has 2 aromatic carbocycles. The standard InChI is InChI=1S/C18H20ClNO4S/c1-4-13-5-7-14(8-6-13)12(2)20-25(22,23)15-9-10-17(19)16(11-15)18(21)24-3/h5-12,20H,4H2,1-3H3. The Bertz CT molecular complexity index is 863. The number of esters is 1. The van der Waals surface area contributed by atoms with Crippen LogP contribution in [-0.4, -0.2) is 21.5 Å². The molecular formula is C18H20ClNO4S. The number of hydrogen-bond donors (Lipinski definition) is 1. The first-order valence-electron chi connectivity index (χ1n) is 7.77. The van der Waals surface area contributed by atoms with Gasteiger partial charge in [0.2, 0.25) is 10.0 Å². The zero-order valence-corrected chi connectivity index (χ0v) is 15.8. The third kappa shape index (κ3) is 4.60. The number of benzene rings is 2. The summed E-state index contributed by atoms with van der Waals surface area (Å²) in [5.74, 6) is -0.690. The Balaban J connectivity index is 2.27. The minimum Gasteiger partial charge on any atom is -0.465 e. The highest BCUT2D eigenvalue weighted by atomic mass is 35.5. The predicted molar refractivity (Wildman–Crippen MR) is 97.3 cm³/mol. The molecule has 5 nitrogen and oxygen atoms in total. The van der Waals surface area contributed by atoms with Crippen LogP contribution < -0.4 is 4.72 Å². The molecule has 2 rings (SSSR count). The number of carbonyl (C=O) groups excluding carboxylic acids is 1. The summed E-state index contributed by atoms with van der Waals surface area (Å²) in [5.41, 5.74) is 2.04. The minimum atomic E-state index is -3.82. The van der Waals surface area contributed by atoms with Crippen LogP contribution >= 0.6 is 11.6 Å². The number of ether oxygens (including phenoxy) is 1. The molecule has 0 aliphatic carbocycles. The lowest BCUT2D eigenvalue weighted by Crippen LogP contribution is -2.27. The highest BCUT2D eigenvalue weighted by molar-refractivity contribution is 7.89. The van der Waals surface area contributed by atoms with Crippen LogP contribution in [0.25, 0.3) is 0 Å². The summed E-state index contributed by atoms with van der Waals surface area (Å²) < 4.78 is 32.4. The molecule has 0 aromatic heterocycles. The normalized spacial score (nSPS) is 12.6. The molecule has 0 spiro atoms. The maximum Gasteiger partial charge on any atom is 0.339 e. The molecule has 0 bridgehead atoms. The maximum atomic E-state index is 12.6. The first kappa shape index (κ1) is 19.4. The van der Waals surface area contributed by atoms with Crippen molar-refractivity contribution in [3.8, 4) is 0 Å². The molecule has 0 fully saturated rings. The van der Waals surface area contributed by atoms with Crippen LogP contribution in [0.15, 0.2) is 47.4 Å². The van der Waals surface area contributed by atoms with E-state index in [0.717, 1.165) is 12.0 Å². The van der Waals surface area contributed by atoms with Crippen LogP contribution in [0.2, 0.25) is 5.02 Å². The Labute approximate surface area is 153 Å². The summed E-state index contributed by atoms with van der Waals surface area (Å²) in [6.45, 7) is 3.82. The van der Waals surface area contributed by atoms with Crippen LogP contribution in [-0.2, 0) is 21.2 Å². The summed E-state index contributed by atoms with van der Waals surface area (Å²) >= 11 is 5.93. The summed E-state index contributed by atoms with van der Waals surface area (Å²) in [7, 11) is -2.61. The zero-order valence-electron chi connectivity index (χ0n) is 14.2. The molecule has 1 N–H and O–H groups in total. The van der Waals surface area contributed by atoms with Gasteiger partial charge in [-0.05, 0) is 42.7 Å². The van der Waals surface area contributed by atoms with Crippen molar-refractivity contribution in [2.24, 2.45) is 0 Å². The SMILES string of the molecule is CCc1ccc(C(C)NS(=O)(=O)c2ccc(Cl)c(C(=O)OC)c2)cc1. The minimum absolute atomic E-state index is 0.00648. The van der Waals surface area contributed by atoms with Crippen molar-refractivity contribution in [2.45, 2.75) is 31.2 Å². The van der Waals surface area contributed by atoms with Crippen LogP contribution in [0, 0.1) is 0 Å². The van der Waals surface area contributed by atoms with E-state index in [1.54, 1.807) is 6.92 Å². The average molecular weight is 382 g/mol. The number of nitrogens with one attached hydrogen (secondary N) is 1. The zero-order chi connectivity index (χ0) is 18.6. The molecule has 0 aliphatic rings. The van der Waals surface area contributed by atoms with Gasteiger partial charge in [0.15, 0.2) is 0 Å². The number of rotatable bonds is 6. The molecule has 7 heteroatoms. The first-order chi connectivity index (χ1) is 11.8. The quantitative estimate of drug-likeness (QED) is 0.774. The topological polar surface area (TPSA) is 72.5 Å². The van der Waals surface area contributed by atoms with Crippen molar-refractivity contribution in [3.05, 3.63) is 64.2 Å².